The van der Waals surface area contributed by atoms with Crippen LogP contribution in [0.5, 0.6) is 5.75 Å². The van der Waals surface area contributed by atoms with Crippen molar-refractivity contribution in [2.24, 2.45) is 5.92 Å². The number of hydrogen-bond acceptors (Lipinski definition) is 5. The minimum absolute atomic E-state index is 0.0352. The third-order valence-electron chi connectivity index (χ3n) is 6.00. The summed E-state index contributed by atoms with van der Waals surface area (Å²) in [5.74, 6) is -0.284. The molecule has 2 N–H and O–H groups in total. The molecule has 1 aliphatic heterocycles. The van der Waals surface area contributed by atoms with Crippen molar-refractivity contribution in [3.63, 3.8) is 0 Å². The summed E-state index contributed by atoms with van der Waals surface area (Å²) in [5.41, 5.74) is 2.03. The molecule has 0 aromatic heterocycles. The fourth-order valence-corrected chi connectivity index (χ4v) is 5.31. The number of likely N-dealkylation sites (tertiary alicyclic amines) is 1. The van der Waals surface area contributed by atoms with Crippen LogP contribution >= 0.6 is 0 Å². The Kier molecular flexibility index (Phi) is 9.06. The summed E-state index contributed by atoms with van der Waals surface area (Å²) in [6, 6.07) is 13.8. The maximum Gasteiger partial charge on any atom is 0.230 e. The number of anilines is 1. The van der Waals surface area contributed by atoms with Crippen molar-refractivity contribution < 1.29 is 22.7 Å². The molecular formula is C26H33N3O5S. The smallest absolute Gasteiger partial charge is 0.230 e. The van der Waals surface area contributed by atoms with Gasteiger partial charge in [-0.2, -0.15) is 0 Å². The lowest BCUT2D eigenvalue weighted by molar-refractivity contribution is -0.129. The first kappa shape index (κ1) is 26.4. The zero-order chi connectivity index (χ0) is 25.4. The lowest BCUT2D eigenvalue weighted by Crippen LogP contribution is -2.33. The van der Waals surface area contributed by atoms with E-state index in [4.69, 9.17) is 4.74 Å². The van der Waals surface area contributed by atoms with Crippen molar-refractivity contribution >= 4 is 27.5 Å². The molecule has 0 saturated carbocycles. The van der Waals surface area contributed by atoms with E-state index in [1.165, 1.54) is 6.08 Å². The van der Waals surface area contributed by atoms with Crippen LogP contribution in [0.25, 0.3) is 0 Å². The molecule has 1 saturated heterocycles. The van der Waals surface area contributed by atoms with Crippen LogP contribution in [0, 0.1) is 5.92 Å². The molecule has 0 radical (unpaired) electrons. The van der Waals surface area contributed by atoms with E-state index in [0.717, 1.165) is 18.4 Å². The number of rotatable bonds is 12. The normalized spacial score (nSPS) is 17.9. The van der Waals surface area contributed by atoms with Gasteiger partial charge in [0, 0.05) is 25.2 Å². The number of carbonyl (C=O) groups is 2. The predicted octanol–water partition coefficient (Wildman–Crippen LogP) is 3.63. The minimum Gasteiger partial charge on any atom is -0.497 e. The zero-order valence-corrected chi connectivity index (χ0v) is 21.0. The molecule has 2 amide bonds. The lowest BCUT2D eigenvalue weighted by Gasteiger charge is -2.28. The van der Waals surface area contributed by atoms with Gasteiger partial charge in [0.05, 0.1) is 24.8 Å². The number of nitrogens with one attached hydrogen (secondary N) is 2. The standard InChI is InChI=1S/C26H33N3O5S/c1-4-6-16-29-24(30)17-23(25(29)20-9-13-22(34-3)14-10-20)26(31)28-21-11-7-19(8-12-21)18-35(32,33)27-15-5-2/h5,7-14,23,25,27H,2,4,6,15-18H2,1,3H3,(H,28,31). The molecule has 35 heavy (non-hydrogen) atoms. The maximum absolute atomic E-state index is 13.3. The van der Waals surface area contributed by atoms with E-state index in [0.29, 0.717) is 23.5 Å². The van der Waals surface area contributed by atoms with E-state index in [2.05, 4.69) is 23.5 Å². The highest BCUT2D eigenvalue weighted by atomic mass is 32.2. The average molecular weight is 500 g/mol. The third-order valence-corrected chi connectivity index (χ3v) is 7.32. The third kappa shape index (κ3) is 6.93. The summed E-state index contributed by atoms with van der Waals surface area (Å²) in [7, 11) is -1.88. The van der Waals surface area contributed by atoms with Crippen LogP contribution in [0.1, 0.15) is 43.4 Å². The molecule has 0 aliphatic carbocycles. The molecule has 0 spiro atoms. The van der Waals surface area contributed by atoms with Crippen molar-refractivity contribution in [1.82, 2.24) is 9.62 Å². The van der Waals surface area contributed by atoms with Gasteiger partial charge in [-0.3, -0.25) is 9.59 Å². The van der Waals surface area contributed by atoms with Gasteiger partial charge in [-0.25, -0.2) is 13.1 Å². The molecule has 2 aromatic carbocycles. The summed E-state index contributed by atoms with van der Waals surface area (Å²) in [6.45, 7) is 6.33. The van der Waals surface area contributed by atoms with Gasteiger partial charge in [-0.05, 0) is 41.8 Å². The first-order valence-corrected chi connectivity index (χ1v) is 13.3. The van der Waals surface area contributed by atoms with Gasteiger partial charge in [0.15, 0.2) is 0 Å². The van der Waals surface area contributed by atoms with Gasteiger partial charge in [0.25, 0.3) is 0 Å². The van der Waals surface area contributed by atoms with Crippen LogP contribution in [0.3, 0.4) is 0 Å². The molecule has 9 heteroatoms. The van der Waals surface area contributed by atoms with Crippen molar-refractivity contribution in [3.8, 4) is 5.75 Å². The molecule has 2 aromatic rings. The van der Waals surface area contributed by atoms with Crippen molar-refractivity contribution in [2.75, 3.05) is 25.5 Å². The fourth-order valence-electron chi connectivity index (χ4n) is 4.21. The van der Waals surface area contributed by atoms with E-state index in [1.54, 1.807) is 36.3 Å². The minimum atomic E-state index is -3.47. The fraction of sp³-hybridized carbons (Fsp3) is 0.385. The highest BCUT2D eigenvalue weighted by Crippen LogP contribution is 2.39. The number of sulfonamides is 1. The molecule has 0 bridgehead atoms. The molecular weight excluding hydrogens is 466 g/mol. The SMILES string of the molecule is C=CCNS(=O)(=O)Cc1ccc(NC(=O)C2CC(=O)N(CCCC)C2c2ccc(OC)cc2)cc1. The van der Waals surface area contributed by atoms with Gasteiger partial charge in [0.1, 0.15) is 5.75 Å². The Hall–Kier alpha value is -3.17. The van der Waals surface area contributed by atoms with Crippen molar-refractivity contribution in [2.45, 2.75) is 38.0 Å². The molecule has 3 rings (SSSR count). The number of unbranched alkanes of at least 4 members (excludes halogenated alkanes) is 1. The Labute approximate surface area is 207 Å². The number of ether oxygens (including phenoxy) is 1. The highest BCUT2D eigenvalue weighted by molar-refractivity contribution is 7.88. The van der Waals surface area contributed by atoms with Crippen LogP contribution in [0.15, 0.2) is 61.2 Å². The van der Waals surface area contributed by atoms with Crippen molar-refractivity contribution in [1.29, 1.82) is 0 Å². The number of carbonyl (C=O) groups excluding carboxylic acids is 2. The van der Waals surface area contributed by atoms with Gasteiger partial charge in [-0.1, -0.05) is 43.7 Å². The Morgan fingerprint density at radius 3 is 2.46 bits per heavy atom. The topological polar surface area (TPSA) is 105 Å². The molecule has 1 heterocycles. The van der Waals surface area contributed by atoms with E-state index >= 15 is 0 Å². The van der Waals surface area contributed by atoms with Gasteiger partial charge < -0.3 is 15.0 Å². The number of methoxy groups -OCH3 is 1. The molecule has 1 fully saturated rings. The van der Waals surface area contributed by atoms with E-state index in [1.807, 2.05) is 24.3 Å². The second kappa shape index (κ2) is 12.0. The predicted molar refractivity (Wildman–Crippen MR) is 136 cm³/mol. The van der Waals surface area contributed by atoms with Crippen molar-refractivity contribution in [3.05, 3.63) is 72.3 Å². The van der Waals surface area contributed by atoms with Crippen LogP contribution < -0.4 is 14.8 Å². The Bertz CT molecular complexity index is 1130. The monoisotopic (exact) mass is 499 g/mol. The molecule has 1 aliphatic rings. The maximum atomic E-state index is 13.3. The first-order chi connectivity index (χ1) is 16.8. The zero-order valence-electron chi connectivity index (χ0n) is 20.2. The highest BCUT2D eigenvalue weighted by Gasteiger charge is 2.44. The second-order valence-electron chi connectivity index (χ2n) is 8.55. The Morgan fingerprint density at radius 1 is 1.17 bits per heavy atom. The summed E-state index contributed by atoms with van der Waals surface area (Å²) < 4.78 is 31.8. The Balaban J connectivity index is 1.75. The molecule has 2 atom stereocenters. The summed E-state index contributed by atoms with van der Waals surface area (Å²) in [4.78, 5) is 28.0. The van der Waals surface area contributed by atoms with E-state index in [-0.39, 0.29) is 36.6 Å². The first-order valence-electron chi connectivity index (χ1n) is 11.7. The number of benzene rings is 2. The van der Waals surface area contributed by atoms with Crippen LogP contribution in [-0.4, -0.2) is 45.3 Å². The summed E-state index contributed by atoms with van der Waals surface area (Å²) >= 11 is 0. The van der Waals surface area contributed by atoms with Crippen LogP contribution in [-0.2, 0) is 25.4 Å². The summed E-state index contributed by atoms with van der Waals surface area (Å²) in [6.07, 6.45) is 3.42. The Morgan fingerprint density at radius 2 is 1.86 bits per heavy atom. The van der Waals surface area contributed by atoms with E-state index < -0.39 is 15.9 Å². The number of nitrogens with zero attached hydrogens (tertiary/aromatic N) is 1. The average Bonchev–Trinajstić information content (AvgIpc) is 3.18. The summed E-state index contributed by atoms with van der Waals surface area (Å²) in [5, 5.41) is 2.91. The molecule has 2 unspecified atom stereocenters. The second-order valence-corrected chi connectivity index (χ2v) is 10.4. The largest absolute Gasteiger partial charge is 0.497 e. The van der Waals surface area contributed by atoms with Gasteiger partial charge in [-0.15, -0.1) is 6.58 Å². The van der Waals surface area contributed by atoms with Gasteiger partial charge >= 0.3 is 0 Å². The number of amides is 2. The molecule has 8 nitrogen and oxygen atoms in total. The van der Waals surface area contributed by atoms with Crippen LogP contribution in [0.2, 0.25) is 0 Å². The quantitative estimate of drug-likeness (QED) is 0.434. The van der Waals surface area contributed by atoms with Gasteiger partial charge in [0.2, 0.25) is 21.8 Å². The number of hydrogen-bond donors (Lipinski definition) is 2. The van der Waals surface area contributed by atoms with Crippen LogP contribution in [0.4, 0.5) is 5.69 Å². The lowest BCUT2D eigenvalue weighted by atomic mass is 9.92. The molecule has 188 valence electrons. The van der Waals surface area contributed by atoms with E-state index in [9.17, 15) is 18.0 Å².